The fourth-order valence-electron chi connectivity index (χ4n) is 2.09. The van der Waals surface area contributed by atoms with E-state index in [0.717, 1.165) is 23.5 Å². The second-order valence-corrected chi connectivity index (χ2v) is 5.63. The summed E-state index contributed by atoms with van der Waals surface area (Å²) in [6.45, 7) is 0.561. The number of halogens is 1. The zero-order valence-corrected chi connectivity index (χ0v) is 12.9. The van der Waals surface area contributed by atoms with Gasteiger partial charge in [0.25, 0.3) is 0 Å². The SMILES string of the molecule is NCCc1c(Oc2ccc(I)cc2)nc2ccccn12. The van der Waals surface area contributed by atoms with Crippen molar-refractivity contribution >= 4 is 28.2 Å². The summed E-state index contributed by atoms with van der Waals surface area (Å²) in [6.07, 6.45) is 2.71. The molecule has 0 atom stereocenters. The molecule has 20 heavy (non-hydrogen) atoms. The van der Waals surface area contributed by atoms with Crippen LogP contribution >= 0.6 is 22.6 Å². The first-order valence-electron chi connectivity index (χ1n) is 6.37. The van der Waals surface area contributed by atoms with Gasteiger partial charge in [0.05, 0.1) is 5.69 Å². The Morgan fingerprint density at radius 2 is 1.95 bits per heavy atom. The maximum absolute atomic E-state index is 5.91. The molecule has 0 amide bonds. The van der Waals surface area contributed by atoms with E-state index in [1.54, 1.807) is 0 Å². The smallest absolute Gasteiger partial charge is 0.241 e. The van der Waals surface area contributed by atoms with Gasteiger partial charge in [0.1, 0.15) is 11.4 Å². The number of ether oxygens (including phenoxy) is 1. The van der Waals surface area contributed by atoms with Crippen LogP contribution in [0.15, 0.2) is 48.7 Å². The molecule has 0 aliphatic carbocycles. The number of hydrogen-bond donors (Lipinski definition) is 1. The standard InChI is InChI=1S/C15H14IN3O/c16-11-4-6-12(7-5-11)20-15-13(8-9-17)19-10-2-1-3-14(19)18-15/h1-7,10H,8-9,17H2. The summed E-state index contributed by atoms with van der Waals surface area (Å²) in [5, 5.41) is 0. The van der Waals surface area contributed by atoms with Crippen LogP contribution in [0.4, 0.5) is 0 Å². The minimum Gasteiger partial charge on any atom is -0.437 e. The Balaban J connectivity index is 2.01. The molecule has 0 saturated carbocycles. The van der Waals surface area contributed by atoms with Crippen molar-refractivity contribution in [3.05, 3.63) is 57.9 Å². The molecule has 0 spiro atoms. The van der Waals surface area contributed by atoms with E-state index in [9.17, 15) is 0 Å². The van der Waals surface area contributed by atoms with E-state index in [1.165, 1.54) is 3.57 Å². The van der Waals surface area contributed by atoms with Crippen LogP contribution in [-0.2, 0) is 6.42 Å². The highest BCUT2D eigenvalue weighted by Gasteiger charge is 2.13. The van der Waals surface area contributed by atoms with Crippen LogP contribution < -0.4 is 10.5 Å². The molecule has 4 nitrogen and oxygen atoms in total. The number of rotatable bonds is 4. The lowest BCUT2D eigenvalue weighted by Crippen LogP contribution is -2.06. The molecule has 3 rings (SSSR count). The van der Waals surface area contributed by atoms with Gasteiger partial charge in [-0.2, -0.15) is 4.98 Å². The van der Waals surface area contributed by atoms with Crippen LogP contribution in [0.25, 0.3) is 5.65 Å². The molecular weight excluding hydrogens is 365 g/mol. The number of hydrogen-bond acceptors (Lipinski definition) is 3. The second-order valence-electron chi connectivity index (χ2n) is 4.39. The Morgan fingerprint density at radius 1 is 1.15 bits per heavy atom. The van der Waals surface area contributed by atoms with Crippen molar-refractivity contribution < 1.29 is 4.74 Å². The fraction of sp³-hybridized carbons (Fsp3) is 0.133. The molecule has 1 aromatic carbocycles. The predicted molar refractivity (Wildman–Crippen MR) is 87.2 cm³/mol. The third-order valence-electron chi connectivity index (χ3n) is 3.00. The van der Waals surface area contributed by atoms with E-state index in [4.69, 9.17) is 10.5 Å². The van der Waals surface area contributed by atoms with E-state index in [0.29, 0.717) is 12.4 Å². The van der Waals surface area contributed by atoms with E-state index < -0.39 is 0 Å². The quantitative estimate of drug-likeness (QED) is 0.709. The Hall–Kier alpha value is -1.60. The predicted octanol–water partition coefficient (Wildman–Crippen LogP) is 3.23. The van der Waals surface area contributed by atoms with Crippen molar-refractivity contribution in [1.82, 2.24) is 9.38 Å². The number of nitrogens with zero attached hydrogens (tertiary/aromatic N) is 2. The molecule has 0 radical (unpaired) electrons. The highest BCUT2D eigenvalue weighted by Crippen LogP contribution is 2.26. The third kappa shape index (κ3) is 2.64. The highest BCUT2D eigenvalue weighted by atomic mass is 127. The molecule has 102 valence electrons. The lowest BCUT2D eigenvalue weighted by molar-refractivity contribution is 0.459. The van der Waals surface area contributed by atoms with Crippen LogP contribution in [0, 0.1) is 3.57 Å². The Morgan fingerprint density at radius 3 is 2.70 bits per heavy atom. The first-order valence-corrected chi connectivity index (χ1v) is 7.45. The molecule has 2 N–H and O–H groups in total. The maximum atomic E-state index is 5.91. The average Bonchev–Trinajstić information content (AvgIpc) is 2.80. The normalized spacial score (nSPS) is 10.9. The third-order valence-corrected chi connectivity index (χ3v) is 3.72. The molecule has 0 saturated heterocycles. The molecule has 0 fully saturated rings. The van der Waals surface area contributed by atoms with Crippen LogP contribution in [0.1, 0.15) is 5.69 Å². The zero-order valence-electron chi connectivity index (χ0n) is 10.8. The monoisotopic (exact) mass is 379 g/mol. The lowest BCUT2D eigenvalue weighted by Gasteiger charge is -2.05. The Labute approximate surface area is 130 Å². The van der Waals surface area contributed by atoms with Crippen molar-refractivity contribution in [2.45, 2.75) is 6.42 Å². The number of nitrogens with two attached hydrogens (primary N) is 1. The average molecular weight is 379 g/mol. The molecule has 0 aliphatic heterocycles. The largest absolute Gasteiger partial charge is 0.437 e. The topological polar surface area (TPSA) is 52.5 Å². The summed E-state index contributed by atoms with van der Waals surface area (Å²) >= 11 is 2.27. The van der Waals surface area contributed by atoms with E-state index in [1.807, 2.05) is 53.1 Å². The van der Waals surface area contributed by atoms with E-state index in [2.05, 4.69) is 27.6 Å². The van der Waals surface area contributed by atoms with Gasteiger partial charge >= 0.3 is 0 Å². The number of imidazole rings is 1. The molecule has 0 aliphatic rings. The van der Waals surface area contributed by atoms with Gasteiger partial charge in [0, 0.05) is 16.2 Å². The van der Waals surface area contributed by atoms with Crippen LogP contribution in [-0.4, -0.2) is 15.9 Å². The van der Waals surface area contributed by atoms with Crippen molar-refractivity contribution in [3.63, 3.8) is 0 Å². The first-order chi connectivity index (χ1) is 9.78. The number of fused-ring (bicyclic) bond motifs is 1. The summed E-state index contributed by atoms with van der Waals surface area (Å²) in [4.78, 5) is 4.53. The minimum absolute atomic E-state index is 0.561. The van der Waals surface area contributed by atoms with Gasteiger partial charge in [-0.3, -0.25) is 0 Å². The van der Waals surface area contributed by atoms with Gasteiger partial charge < -0.3 is 14.9 Å². The number of aromatic nitrogens is 2. The summed E-state index contributed by atoms with van der Waals surface area (Å²) in [5.41, 5.74) is 7.57. The molecule has 2 aromatic heterocycles. The number of benzene rings is 1. The fourth-order valence-corrected chi connectivity index (χ4v) is 2.44. The van der Waals surface area contributed by atoms with E-state index in [-0.39, 0.29) is 0 Å². The maximum Gasteiger partial charge on any atom is 0.241 e. The van der Waals surface area contributed by atoms with Crippen molar-refractivity contribution in [2.75, 3.05) is 6.54 Å². The van der Waals surface area contributed by atoms with Gasteiger partial charge in [0.15, 0.2) is 0 Å². The summed E-state index contributed by atoms with van der Waals surface area (Å²) in [6, 6.07) is 13.8. The first kappa shape index (κ1) is 13.4. The summed E-state index contributed by atoms with van der Waals surface area (Å²) in [7, 11) is 0. The van der Waals surface area contributed by atoms with Crippen LogP contribution in [0.3, 0.4) is 0 Å². The van der Waals surface area contributed by atoms with Gasteiger partial charge in [-0.25, -0.2) is 0 Å². The molecular formula is C15H14IN3O. The Kier molecular flexibility index (Phi) is 3.88. The second kappa shape index (κ2) is 5.80. The van der Waals surface area contributed by atoms with Gasteiger partial charge in [0.2, 0.25) is 5.88 Å². The van der Waals surface area contributed by atoms with Gasteiger partial charge in [-0.05, 0) is 65.5 Å². The van der Waals surface area contributed by atoms with Crippen molar-refractivity contribution in [2.24, 2.45) is 5.73 Å². The van der Waals surface area contributed by atoms with Gasteiger partial charge in [-0.15, -0.1) is 0 Å². The molecule has 3 aromatic rings. The Bertz CT molecular complexity index is 722. The van der Waals surface area contributed by atoms with Crippen molar-refractivity contribution in [1.29, 1.82) is 0 Å². The van der Waals surface area contributed by atoms with Gasteiger partial charge in [-0.1, -0.05) is 6.07 Å². The highest BCUT2D eigenvalue weighted by molar-refractivity contribution is 14.1. The number of pyridine rings is 1. The van der Waals surface area contributed by atoms with Crippen molar-refractivity contribution in [3.8, 4) is 11.6 Å². The minimum atomic E-state index is 0.561. The zero-order chi connectivity index (χ0) is 13.9. The molecule has 2 heterocycles. The lowest BCUT2D eigenvalue weighted by atomic mass is 10.3. The van der Waals surface area contributed by atoms with Crippen LogP contribution in [0.5, 0.6) is 11.6 Å². The van der Waals surface area contributed by atoms with E-state index >= 15 is 0 Å². The summed E-state index contributed by atoms with van der Waals surface area (Å²) in [5.74, 6) is 1.41. The van der Waals surface area contributed by atoms with Crippen LogP contribution in [0.2, 0.25) is 0 Å². The molecule has 5 heteroatoms. The molecule has 0 unspecified atom stereocenters. The summed E-state index contributed by atoms with van der Waals surface area (Å²) < 4.78 is 9.11. The molecule has 0 bridgehead atoms.